The number of thiocarbonyl (C=S) groups is 1. The smallest absolute Gasteiger partial charge is 0.257 e. The van der Waals surface area contributed by atoms with Crippen molar-refractivity contribution in [2.24, 2.45) is 0 Å². The van der Waals surface area contributed by atoms with Gasteiger partial charge in [0.25, 0.3) is 5.91 Å². The summed E-state index contributed by atoms with van der Waals surface area (Å²) in [5, 5.41) is 5.77. The number of carbonyl (C=O) groups is 1. The topological polar surface area (TPSA) is 54.0 Å². The van der Waals surface area contributed by atoms with Crippen molar-refractivity contribution in [1.29, 1.82) is 0 Å². The first-order chi connectivity index (χ1) is 9.94. The average molecular weight is 411 g/mol. The Bertz CT molecular complexity index is 666. The lowest BCUT2D eigenvalue weighted by Gasteiger charge is -2.10. The molecule has 6 heteroatoms. The Hall–Kier alpha value is -1.54. The molecule has 4 nitrogen and oxygen atoms in total. The Morgan fingerprint density at radius 2 is 1.86 bits per heavy atom. The molecule has 2 rings (SSSR count). The van der Waals surface area contributed by atoms with Crippen molar-refractivity contribution >= 4 is 51.6 Å². The van der Waals surface area contributed by atoms with Gasteiger partial charge in [0.2, 0.25) is 0 Å². The van der Waals surface area contributed by atoms with E-state index in [9.17, 15) is 4.79 Å². The molecule has 1 amide bonds. The summed E-state index contributed by atoms with van der Waals surface area (Å²) < 4.78 is 1.03. The number of hydrogen-bond acceptors (Lipinski definition) is 3. The lowest BCUT2D eigenvalue weighted by Crippen LogP contribution is -2.34. The van der Waals surface area contributed by atoms with Gasteiger partial charge in [0.1, 0.15) is 5.82 Å². The Morgan fingerprint density at radius 3 is 2.43 bits per heavy atom. The zero-order chi connectivity index (χ0) is 15.4. The SMILES string of the molecule is Cc1cc(C)cc(C(=O)NC(=S)Nc2ccc(I)cn2)c1. The summed E-state index contributed by atoms with van der Waals surface area (Å²) in [7, 11) is 0. The van der Waals surface area contributed by atoms with Crippen LogP contribution in [0, 0.1) is 17.4 Å². The Kier molecular flexibility index (Phi) is 5.24. The molecule has 0 radical (unpaired) electrons. The summed E-state index contributed by atoms with van der Waals surface area (Å²) in [5.74, 6) is 0.367. The van der Waals surface area contributed by atoms with E-state index in [1.54, 1.807) is 12.3 Å². The summed E-state index contributed by atoms with van der Waals surface area (Å²) in [6.07, 6.45) is 1.72. The van der Waals surface area contributed by atoms with Gasteiger partial charge in [-0.3, -0.25) is 10.1 Å². The quantitative estimate of drug-likeness (QED) is 0.588. The van der Waals surface area contributed by atoms with Crippen LogP contribution in [0.25, 0.3) is 0 Å². The normalized spacial score (nSPS) is 10.0. The minimum atomic E-state index is -0.232. The average Bonchev–Trinajstić information content (AvgIpc) is 2.40. The highest BCUT2D eigenvalue weighted by Crippen LogP contribution is 2.09. The van der Waals surface area contributed by atoms with Gasteiger partial charge in [0.15, 0.2) is 5.11 Å². The fourth-order valence-corrected chi connectivity index (χ4v) is 2.39. The summed E-state index contributed by atoms with van der Waals surface area (Å²) >= 11 is 7.30. The number of aryl methyl sites for hydroxylation is 2. The number of nitrogens with one attached hydrogen (secondary N) is 2. The van der Waals surface area contributed by atoms with E-state index in [1.807, 2.05) is 38.1 Å². The first kappa shape index (κ1) is 15.8. The third-order valence-corrected chi connectivity index (χ3v) is 3.52. The summed E-state index contributed by atoms with van der Waals surface area (Å²) in [6.45, 7) is 3.91. The number of benzene rings is 1. The highest BCUT2D eigenvalue weighted by Gasteiger charge is 2.09. The molecule has 2 N–H and O–H groups in total. The van der Waals surface area contributed by atoms with E-state index in [4.69, 9.17) is 12.2 Å². The van der Waals surface area contributed by atoms with Crippen molar-refractivity contribution < 1.29 is 4.79 Å². The maximum atomic E-state index is 12.1. The van der Waals surface area contributed by atoms with Crippen molar-refractivity contribution in [2.75, 3.05) is 5.32 Å². The third-order valence-electron chi connectivity index (χ3n) is 2.68. The molecule has 0 bridgehead atoms. The zero-order valence-corrected chi connectivity index (χ0v) is 14.6. The molecule has 108 valence electrons. The number of pyridine rings is 1. The third kappa shape index (κ3) is 4.75. The fraction of sp³-hybridized carbons (Fsp3) is 0.133. The van der Waals surface area contributed by atoms with Crippen LogP contribution in [0.2, 0.25) is 0 Å². The molecule has 0 unspecified atom stereocenters. The van der Waals surface area contributed by atoms with Crippen molar-refractivity contribution in [2.45, 2.75) is 13.8 Å². The number of amides is 1. The van der Waals surface area contributed by atoms with E-state index in [0.717, 1.165) is 14.7 Å². The lowest BCUT2D eigenvalue weighted by atomic mass is 10.1. The van der Waals surface area contributed by atoms with Gasteiger partial charge in [-0.1, -0.05) is 17.2 Å². The number of carbonyl (C=O) groups excluding carboxylic acids is 1. The minimum Gasteiger partial charge on any atom is -0.317 e. The first-order valence-electron chi connectivity index (χ1n) is 6.26. The second-order valence-electron chi connectivity index (χ2n) is 4.65. The van der Waals surface area contributed by atoms with Crippen LogP contribution in [-0.4, -0.2) is 16.0 Å². The second-order valence-corrected chi connectivity index (χ2v) is 6.30. The maximum Gasteiger partial charge on any atom is 0.257 e. The molecule has 0 saturated carbocycles. The molecule has 0 fully saturated rings. The van der Waals surface area contributed by atoms with Crippen molar-refractivity contribution in [3.63, 3.8) is 0 Å². The van der Waals surface area contributed by atoms with Crippen LogP contribution < -0.4 is 10.6 Å². The minimum absolute atomic E-state index is 0.230. The van der Waals surface area contributed by atoms with E-state index in [0.29, 0.717) is 11.4 Å². The molecular formula is C15H14IN3OS. The molecule has 21 heavy (non-hydrogen) atoms. The van der Waals surface area contributed by atoms with E-state index in [-0.39, 0.29) is 11.0 Å². The zero-order valence-electron chi connectivity index (χ0n) is 11.6. The molecule has 0 aliphatic rings. The van der Waals surface area contributed by atoms with E-state index >= 15 is 0 Å². The Morgan fingerprint density at radius 1 is 1.19 bits per heavy atom. The van der Waals surface area contributed by atoms with Crippen LogP contribution >= 0.6 is 34.8 Å². The molecule has 0 saturated heterocycles. The number of rotatable bonds is 2. The molecule has 0 spiro atoms. The molecule has 2 aromatic rings. The fourth-order valence-electron chi connectivity index (χ4n) is 1.88. The molecular weight excluding hydrogens is 397 g/mol. The number of halogens is 1. The van der Waals surface area contributed by atoms with Crippen molar-refractivity contribution in [3.05, 3.63) is 56.8 Å². The van der Waals surface area contributed by atoms with Crippen molar-refractivity contribution in [3.8, 4) is 0 Å². The van der Waals surface area contributed by atoms with Gasteiger partial charge < -0.3 is 5.32 Å². The number of anilines is 1. The molecule has 1 heterocycles. The molecule has 0 atom stereocenters. The summed E-state index contributed by atoms with van der Waals surface area (Å²) in [5.41, 5.74) is 2.67. The van der Waals surface area contributed by atoms with Gasteiger partial charge in [-0.05, 0) is 72.9 Å². The summed E-state index contributed by atoms with van der Waals surface area (Å²) in [6, 6.07) is 9.38. The standard InChI is InChI=1S/C15H14IN3OS/c1-9-5-10(2)7-11(6-9)14(20)19-15(21)18-13-4-3-12(16)8-17-13/h3-8H,1-2H3,(H2,17,18,19,20,21). The van der Waals surface area contributed by atoms with Gasteiger partial charge in [-0.15, -0.1) is 0 Å². The van der Waals surface area contributed by atoms with Gasteiger partial charge in [-0.25, -0.2) is 4.98 Å². The highest BCUT2D eigenvalue weighted by molar-refractivity contribution is 14.1. The number of aromatic nitrogens is 1. The lowest BCUT2D eigenvalue weighted by molar-refractivity contribution is 0.0977. The van der Waals surface area contributed by atoms with E-state index in [1.165, 1.54) is 0 Å². The maximum absolute atomic E-state index is 12.1. The van der Waals surface area contributed by atoms with Crippen LogP contribution in [0.1, 0.15) is 21.5 Å². The van der Waals surface area contributed by atoms with Crippen LogP contribution in [0.4, 0.5) is 5.82 Å². The van der Waals surface area contributed by atoms with Crippen LogP contribution in [0.5, 0.6) is 0 Å². The van der Waals surface area contributed by atoms with Crippen LogP contribution in [0.3, 0.4) is 0 Å². The molecule has 1 aromatic carbocycles. The van der Waals surface area contributed by atoms with Crippen LogP contribution in [0.15, 0.2) is 36.5 Å². The van der Waals surface area contributed by atoms with Crippen LogP contribution in [-0.2, 0) is 0 Å². The molecule has 0 aliphatic carbocycles. The predicted octanol–water partition coefficient (Wildman–Crippen LogP) is 3.43. The van der Waals surface area contributed by atoms with Crippen molar-refractivity contribution in [1.82, 2.24) is 10.3 Å². The summed E-state index contributed by atoms with van der Waals surface area (Å²) in [4.78, 5) is 16.3. The Balaban J connectivity index is 2.01. The number of nitrogens with zero attached hydrogens (tertiary/aromatic N) is 1. The first-order valence-corrected chi connectivity index (χ1v) is 7.75. The monoisotopic (exact) mass is 411 g/mol. The highest BCUT2D eigenvalue weighted by atomic mass is 127. The van der Waals surface area contributed by atoms with Gasteiger partial charge in [0.05, 0.1) is 0 Å². The van der Waals surface area contributed by atoms with Gasteiger partial charge in [0, 0.05) is 15.3 Å². The van der Waals surface area contributed by atoms with Gasteiger partial charge in [-0.2, -0.15) is 0 Å². The predicted molar refractivity (Wildman–Crippen MR) is 96.6 cm³/mol. The second kappa shape index (κ2) is 6.95. The Labute approximate surface area is 142 Å². The van der Waals surface area contributed by atoms with Gasteiger partial charge >= 0.3 is 0 Å². The van der Waals surface area contributed by atoms with E-state index < -0.39 is 0 Å². The molecule has 0 aliphatic heterocycles. The molecule has 1 aromatic heterocycles. The largest absolute Gasteiger partial charge is 0.317 e. The number of hydrogen-bond donors (Lipinski definition) is 2. The van der Waals surface area contributed by atoms with E-state index in [2.05, 4.69) is 38.2 Å².